The third-order valence-electron chi connectivity index (χ3n) is 4.39. The van der Waals surface area contributed by atoms with Crippen molar-refractivity contribution in [3.05, 3.63) is 32.9 Å². The van der Waals surface area contributed by atoms with Crippen molar-refractivity contribution in [2.45, 2.75) is 39.7 Å². The largest absolute Gasteiger partial charge is 0.323 e. The topological polar surface area (TPSA) is 82.7 Å². The van der Waals surface area contributed by atoms with E-state index in [4.69, 9.17) is 23.8 Å². The zero-order valence-corrected chi connectivity index (χ0v) is 16.8. The van der Waals surface area contributed by atoms with Crippen LogP contribution in [0, 0.1) is 17.2 Å². The van der Waals surface area contributed by atoms with Gasteiger partial charge in [0.2, 0.25) is 0 Å². The molecule has 0 aromatic carbocycles. The van der Waals surface area contributed by atoms with Crippen molar-refractivity contribution < 1.29 is 4.79 Å². The van der Waals surface area contributed by atoms with Crippen molar-refractivity contribution in [3.8, 4) is 6.07 Å². The number of thiocarbonyl (C=S) groups is 1. The first-order chi connectivity index (χ1) is 12.4. The molecule has 0 fully saturated rings. The van der Waals surface area contributed by atoms with Gasteiger partial charge in [-0.15, -0.1) is 11.3 Å². The van der Waals surface area contributed by atoms with Gasteiger partial charge in [0.05, 0.1) is 16.8 Å². The zero-order chi connectivity index (χ0) is 18.8. The SMILES string of the molecule is CCn1ncc(Cl)c1C(=O)NC(=S)Nc1sc2c(c1C#N)CC[C@H](C)C2. The average Bonchev–Trinajstić information content (AvgIpc) is 3.13. The van der Waals surface area contributed by atoms with Gasteiger partial charge in [0.25, 0.3) is 5.91 Å². The van der Waals surface area contributed by atoms with Gasteiger partial charge in [0.1, 0.15) is 16.8 Å². The molecule has 1 atom stereocenters. The predicted molar refractivity (Wildman–Crippen MR) is 107 cm³/mol. The fraction of sp³-hybridized carbons (Fsp3) is 0.412. The number of aromatic nitrogens is 2. The van der Waals surface area contributed by atoms with Crippen molar-refractivity contribution in [2.24, 2.45) is 5.92 Å². The lowest BCUT2D eigenvalue weighted by atomic mass is 9.89. The van der Waals surface area contributed by atoms with Crippen molar-refractivity contribution in [1.29, 1.82) is 5.26 Å². The molecule has 0 spiro atoms. The number of rotatable bonds is 3. The van der Waals surface area contributed by atoms with Gasteiger partial charge in [-0.1, -0.05) is 18.5 Å². The lowest BCUT2D eigenvalue weighted by Gasteiger charge is -2.17. The Bertz CT molecular complexity index is 911. The molecule has 26 heavy (non-hydrogen) atoms. The minimum Gasteiger partial charge on any atom is -0.323 e. The number of nitrogens with one attached hydrogen (secondary N) is 2. The Labute approximate surface area is 166 Å². The molecule has 0 unspecified atom stereocenters. The summed E-state index contributed by atoms with van der Waals surface area (Å²) in [5, 5.41) is 20.3. The van der Waals surface area contributed by atoms with Crippen LogP contribution in [-0.2, 0) is 19.4 Å². The van der Waals surface area contributed by atoms with Crippen LogP contribution >= 0.6 is 35.2 Å². The molecule has 0 bridgehead atoms. The first-order valence-electron chi connectivity index (χ1n) is 8.32. The van der Waals surface area contributed by atoms with Gasteiger partial charge in [-0.05, 0) is 49.9 Å². The molecule has 0 saturated carbocycles. The number of thiophene rings is 1. The summed E-state index contributed by atoms with van der Waals surface area (Å²) in [5.41, 5.74) is 2.00. The summed E-state index contributed by atoms with van der Waals surface area (Å²) in [6.07, 6.45) is 4.39. The molecule has 0 saturated heterocycles. The lowest BCUT2D eigenvalue weighted by Crippen LogP contribution is -2.35. The number of halogens is 1. The van der Waals surface area contributed by atoms with Crippen LogP contribution in [0.25, 0.3) is 0 Å². The monoisotopic (exact) mass is 407 g/mol. The standard InChI is InChI=1S/C17H18ClN5OS2/c1-3-23-14(12(18)8-20-23)15(24)21-17(25)22-16-11(7-19)10-5-4-9(2)6-13(10)26-16/h8-9H,3-6H2,1-2H3,(H2,21,22,24,25)/t9-/m0/s1. The minimum atomic E-state index is -0.430. The molecule has 9 heteroatoms. The number of anilines is 1. The van der Waals surface area contributed by atoms with Crippen molar-refractivity contribution in [3.63, 3.8) is 0 Å². The molecule has 3 rings (SSSR count). The number of fused-ring (bicyclic) bond motifs is 1. The maximum Gasteiger partial charge on any atom is 0.277 e. The van der Waals surface area contributed by atoms with Crippen LogP contribution in [0.2, 0.25) is 5.02 Å². The van der Waals surface area contributed by atoms with E-state index in [1.165, 1.54) is 27.1 Å². The van der Waals surface area contributed by atoms with Crippen molar-refractivity contribution in [1.82, 2.24) is 15.1 Å². The van der Waals surface area contributed by atoms with E-state index in [0.717, 1.165) is 24.8 Å². The summed E-state index contributed by atoms with van der Waals surface area (Å²) >= 11 is 12.8. The van der Waals surface area contributed by atoms with Gasteiger partial charge in [0.15, 0.2) is 5.11 Å². The second-order valence-corrected chi connectivity index (χ2v) is 8.15. The molecule has 1 aliphatic rings. The van der Waals surface area contributed by atoms with E-state index < -0.39 is 5.91 Å². The smallest absolute Gasteiger partial charge is 0.277 e. The Hall–Kier alpha value is -1.95. The van der Waals surface area contributed by atoms with Crippen LogP contribution in [0.15, 0.2) is 6.20 Å². The van der Waals surface area contributed by atoms with Crippen molar-refractivity contribution in [2.75, 3.05) is 5.32 Å². The number of nitriles is 1. The maximum absolute atomic E-state index is 12.5. The first-order valence-corrected chi connectivity index (χ1v) is 9.93. The fourth-order valence-corrected chi connectivity index (χ4v) is 4.93. The number of amides is 1. The van der Waals surface area contributed by atoms with Crippen LogP contribution < -0.4 is 10.6 Å². The molecule has 0 aliphatic heterocycles. The van der Waals surface area contributed by atoms with Crippen molar-refractivity contribution >= 4 is 51.2 Å². The highest BCUT2D eigenvalue weighted by molar-refractivity contribution is 7.80. The summed E-state index contributed by atoms with van der Waals surface area (Å²) in [4.78, 5) is 13.7. The third kappa shape index (κ3) is 3.61. The number of hydrogen-bond acceptors (Lipinski definition) is 5. The molecule has 0 radical (unpaired) electrons. The average molecular weight is 408 g/mol. The highest BCUT2D eigenvalue weighted by atomic mass is 35.5. The van der Waals surface area contributed by atoms with Crippen LogP contribution in [0.3, 0.4) is 0 Å². The second-order valence-electron chi connectivity index (χ2n) is 6.23. The molecule has 2 N–H and O–H groups in total. The summed E-state index contributed by atoms with van der Waals surface area (Å²) in [6, 6.07) is 2.27. The van der Waals surface area contributed by atoms with E-state index in [2.05, 4.69) is 28.7 Å². The lowest BCUT2D eigenvalue weighted by molar-refractivity contribution is 0.0967. The van der Waals surface area contributed by atoms with Gasteiger partial charge in [0, 0.05) is 11.4 Å². The van der Waals surface area contributed by atoms with Gasteiger partial charge < -0.3 is 5.32 Å². The van der Waals surface area contributed by atoms with Crippen LogP contribution in [0.1, 0.15) is 46.8 Å². The third-order valence-corrected chi connectivity index (χ3v) is 6.04. The Morgan fingerprint density at radius 3 is 3.08 bits per heavy atom. The van der Waals surface area contributed by atoms with E-state index in [-0.39, 0.29) is 15.8 Å². The molecule has 2 heterocycles. The number of hydrogen-bond donors (Lipinski definition) is 2. The number of carbonyl (C=O) groups excluding carboxylic acids is 1. The molecular weight excluding hydrogens is 390 g/mol. The molecule has 1 aliphatic carbocycles. The van der Waals surface area contributed by atoms with E-state index in [0.29, 0.717) is 23.0 Å². The van der Waals surface area contributed by atoms with E-state index >= 15 is 0 Å². The first kappa shape index (κ1) is 18.8. The summed E-state index contributed by atoms with van der Waals surface area (Å²) in [7, 11) is 0. The number of nitrogens with zero attached hydrogens (tertiary/aromatic N) is 3. The highest BCUT2D eigenvalue weighted by Crippen LogP contribution is 2.39. The quantitative estimate of drug-likeness (QED) is 0.757. The molecule has 2 aromatic rings. The molecular formula is C17H18ClN5OS2. The summed E-state index contributed by atoms with van der Waals surface area (Å²) < 4.78 is 1.51. The van der Waals surface area contributed by atoms with Gasteiger partial charge >= 0.3 is 0 Å². The van der Waals surface area contributed by atoms with Gasteiger partial charge in [-0.3, -0.25) is 14.8 Å². The Morgan fingerprint density at radius 2 is 2.38 bits per heavy atom. The van der Waals surface area contributed by atoms with Crippen LogP contribution in [0.5, 0.6) is 0 Å². The van der Waals surface area contributed by atoms with Crippen LogP contribution in [-0.4, -0.2) is 20.8 Å². The summed E-state index contributed by atoms with van der Waals surface area (Å²) in [6.45, 7) is 4.60. The molecule has 6 nitrogen and oxygen atoms in total. The van der Waals surface area contributed by atoms with E-state index in [1.54, 1.807) is 0 Å². The maximum atomic E-state index is 12.5. The van der Waals surface area contributed by atoms with Crippen LogP contribution in [0.4, 0.5) is 5.00 Å². The Morgan fingerprint density at radius 1 is 1.62 bits per heavy atom. The molecule has 2 aromatic heterocycles. The molecule has 136 valence electrons. The number of carbonyl (C=O) groups is 1. The van der Waals surface area contributed by atoms with E-state index in [1.807, 2.05) is 6.92 Å². The minimum absolute atomic E-state index is 0.137. The molecule has 1 amide bonds. The zero-order valence-electron chi connectivity index (χ0n) is 14.4. The second kappa shape index (κ2) is 7.74. The Kier molecular flexibility index (Phi) is 5.61. The Balaban J connectivity index is 1.76. The summed E-state index contributed by atoms with van der Waals surface area (Å²) in [5.74, 6) is 0.184. The highest BCUT2D eigenvalue weighted by Gasteiger charge is 2.25. The normalized spacial score (nSPS) is 15.8. The van der Waals surface area contributed by atoms with Gasteiger partial charge in [-0.25, -0.2) is 0 Å². The fourth-order valence-electron chi connectivity index (χ4n) is 3.08. The predicted octanol–water partition coefficient (Wildman–Crippen LogP) is 3.74. The van der Waals surface area contributed by atoms with E-state index in [9.17, 15) is 10.1 Å². The number of aryl methyl sites for hydroxylation is 1. The van der Waals surface area contributed by atoms with Gasteiger partial charge in [-0.2, -0.15) is 10.4 Å².